The molecule has 0 aromatic heterocycles. The summed E-state index contributed by atoms with van der Waals surface area (Å²) < 4.78 is 5.73. The van der Waals surface area contributed by atoms with Gasteiger partial charge in [0.1, 0.15) is 0 Å². The van der Waals surface area contributed by atoms with Crippen molar-refractivity contribution in [1.29, 1.82) is 0 Å². The predicted octanol–water partition coefficient (Wildman–Crippen LogP) is 0.0690. The van der Waals surface area contributed by atoms with Crippen LogP contribution >= 0.6 is 0 Å². The number of morpholine rings is 1. The summed E-state index contributed by atoms with van der Waals surface area (Å²) >= 11 is 0. The van der Waals surface area contributed by atoms with Crippen molar-refractivity contribution in [1.82, 2.24) is 10.2 Å². The molecule has 2 fully saturated rings. The number of nitrogens with zero attached hydrogens (tertiary/aromatic N) is 1. The second kappa shape index (κ2) is 3.73. The van der Waals surface area contributed by atoms with Gasteiger partial charge in [-0.3, -0.25) is 4.90 Å². The highest BCUT2D eigenvalue weighted by molar-refractivity contribution is 4.85. The minimum atomic E-state index is 0.421. The maximum absolute atomic E-state index is 5.73. The lowest BCUT2D eigenvalue weighted by Crippen LogP contribution is -2.48. The maximum atomic E-state index is 5.73. The zero-order chi connectivity index (χ0) is 8.39. The zero-order valence-corrected chi connectivity index (χ0v) is 7.75. The predicted molar refractivity (Wildman–Crippen MR) is 48.3 cm³/mol. The molecule has 2 atom stereocenters. The number of likely N-dealkylation sites (N-methyl/N-ethyl adjacent to an activating group) is 1. The topological polar surface area (TPSA) is 24.5 Å². The Morgan fingerprint density at radius 1 is 1.58 bits per heavy atom. The Labute approximate surface area is 74.1 Å². The van der Waals surface area contributed by atoms with E-state index in [9.17, 15) is 0 Å². The first-order valence-electron chi connectivity index (χ1n) is 4.90. The van der Waals surface area contributed by atoms with Crippen LogP contribution in [0.15, 0.2) is 0 Å². The zero-order valence-electron chi connectivity index (χ0n) is 7.75. The van der Waals surface area contributed by atoms with Crippen molar-refractivity contribution in [3.8, 4) is 0 Å². The number of fused-ring (bicyclic) bond motifs is 1. The van der Waals surface area contributed by atoms with Crippen molar-refractivity contribution >= 4 is 0 Å². The van der Waals surface area contributed by atoms with Crippen molar-refractivity contribution in [2.24, 2.45) is 0 Å². The van der Waals surface area contributed by atoms with Crippen LogP contribution in [0.2, 0.25) is 0 Å². The average molecular weight is 170 g/mol. The molecule has 0 radical (unpaired) electrons. The second-order valence-corrected chi connectivity index (χ2v) is 3.80. The van der Waals surface area contributed by atoms with Gasteiger partial charge < -0.3 is 10.1 Å². The van der Waals surface area contributed by atoms with Gasteiger partial charge in [0.25, 0.3) is 0 Å². The number of hydrogen-bond acceptors (Lipinski definition) is 3. The lowest BCUT2D eigenvalue weighted by Gasteiger charge is -2.35. The molecule has 2 aliphatic rings. The number of hydrogen-bond donors (Lipinski definition) is 1. The second-order valence-electron chi connectivity index (χ2n) is 3.80. The first-order valence-corrected chi connectivity index (χ1v) is 4.90. The van der Waals surface area contributed by atoms with Crippen molar-refractivity contribution in [3.63, 3.8) is 0 Å². The van der Waals surface area contributed by atoms with Crippen LogP contribution in [-0.4, -0.2) is 50.3 Å². The molecule has 0 bridgehead atoms. The highest BCUT2D eigenvalue weighted by Crippen LogP contribution is 2.22. The molecule has 3 nitrogen and oxygen atoms in total. The number of nitrogens with one attached hydrogen (secondary N) is 1. The molecule has 2 saturated heterocycles. The maximum Gasteiger partial charge on any atom is 0.0826 e. The van der Waals surface area contributed by atoms with Crippen LogP contribution in [-0.2, 0) is 4.74 Å². The summed E-state index contributed by atoms with van der Waals surface area (Å²) in [5.41, 5.74) is 0. The van der Waals surface area contributed by atoms with Gasteiger partial charge in [0.05, 0.1) is 12.7 Å². The molecule has 2 aliphatic heterocycles. The van der Waals surface area contributed by atoms with Gasteiger partial charge >= 0.3 is 0 Å². The molecule has 0 spiro atoms. The molecular weight excluding hydrogens is 152 g/mol. The quantitative estimate of drug-likeness (QED) is 0.634. The summed E-state index contributed by atoms with van der Waals surface area (Å²) in [5.74, 6) is 0. The third kappa shape index (κ3) is 1.63. The van der Waals surface area contributed by atoms with Crippen LogP contribution in [0.1, 0.15) is 12.8 Å². The van der Waals surface area contributed by atoms with E-state index in [1.54, 1.807) is 0 Å². The van der Waals surface area contributed by atoms with Crippen LogP contribution in [0.25, 0.3) is 0 Å². The van der Waals surface area contributed by atoms with Gasteiger partial charge in [-0.1, -0.05) is 0 Å². The molecule has 1 N–H and O–H groups in total. The van der Waals surface area contributed by atoms with Crippen molar-refractivity contribution in [2.45, 2.75) is 25.0 Å². The van der Waals surface area contributed by atoms with Crippen LogP contribution in [0.4, 0.5) is 0 Å². The van der Waals surface area contributed by atoms with Gasteiger partial charge in [0.2, 0.25) is 0 Å². The largest absolute Gasteiger partial charge is 0.374 e. The summed E-state index contributed by atoms with van der Waals surface area (Å²) in [6.07, 6.45) is 3.12. The van der Waals surface area contributed by atoms with Gasteiger partial charge in [-0.2, -0.15) is 0 Å². The highest BCUT2D eigenvalue weighted by atomic mass is 16.5. The van der Waals surface area contributed by atoms with Gasteiger partial charge in [-0.15, -0.1) is 0 Å². The minimum Gasteiger partial charge on any atom is -0.374 e. The molecule has 2 rings (SSSR count). The number of rotatable bonds is 2. The summed E-state index contributed by atoms with van der Waals surface area (Å²) in [6, 6.07) is 0.734. The molecule has 0 amide bonds. The fourth-order valence-electron chi connectivity index (χ4n) is 2.24. The molecule has 0 aliphatic carbocycles. The van der Waals surface area contributed by atoms with E-state index in [1.165, 1.54) is 19.4 Å². The first-order chi connectivity index (χ1) is 5.90. The smallest absolute Gasteiger partial charge is 0.0826 e. The molecule has 0 aromatic rings. The molecule has 3 heteroatoms. The van der Waals surface area contributed by atoms with E-state index in [2.05, 4.69) is 10.2 Å². The molecule has 2 heterocycles. The van der Waals surface area contributed by atoms with E-state index < -0.39 is 0 Å². The fraction of sp³-hybridized carbons (Fsp3) is 1.00. The Morgan fingerprint density at radius 2 is 2.50 bits per heavy atom. The van der Waals surface area contributed by atoms with E-state index in [1.807, 2.05) is 7.05 Å². The SMILES string of the molecule is CNC[C@@H]1CN2CCC[C@H]2CO1. The Morgan fingerprint density at radius 3 is 3.33 bits per heavy atom. The lowest BCUT2D eigenvalue weighted by molar-refractivity contribution is -0.0462. The molecule has 0 unspecified atom stereocenters. The van der Waals surface area contributed by atoms with Crippen LogP contribution < -0.4 is 5.32 Å². The van der Waals surface area contributed by atoms with Gasteiger partial charge in [-0.25, -0.2) is 0 Å². The van der Waals surface area contributed by atoms with Crippen molar-refractivity contribution < 1.29 is 4.74 Å². The number of ether oxygens (including phenoxy) is 1. The third-order valence-corrected chi connectivity index (χ3v) is 2.89. The van der Waals surface area contributed by atoms with Crippen LogP contribution in [0.3, 0.4) is 0 Å². The van der Waals surface area contributed by atoms with E-state index >= 15 is 0 Å². The first kappa shape index (κ1) is 8.48. The molecule has 0 saturated carbocycles. The van der Waals surface area contributed by atoms with E-state index in [-0.39, 0.29) is 0 Å². The van der Waals surface area contributed by atoms with Crippen LogP contribution in [0.5, 0.6) is 0 Å². The van der Waals surface area contributed by atoms with E-state index in [4.69, 9.17) is 4.74 Å². The van der Waals surface area contributed by atoms with E-state index in [0.29, 0.717) is 6.10 Å². The van der Waals surface area contributed by atoms with Crippen LogP contribution in [0, 0.1) is 0 Å². The summed E-state index contributed by atoms with van der Waals surface area (Å²) in [5, 5.41) is 3.17. The van der Waals surface area contributed by atoms with Crippen molar-refractivity contribution in [2.75, 3.05) is 33.3 Å². The molecular formula is C9H18N2O. The Balaban J connectivity index is 1.84. The standard InChI is InChI=1S/C9H18N2O/c1-10-5-9-6-11-4-2-3-8(11)7-12-9/h8-10H,2-7H2,1H3/t8-,9+/m0/s1. The lowest BCUT2D eigenvalue weighted by atomic mass is 10.2. The third-order valence-electron chi connectivity index (χ3n) is 2.89. The summed E-state index contributed by atoms with van der Waals surface area (Å²) in [6.45, 7) is 4.36. The Kier molecular flexibility index (Phi) is 2.63. The highest BCUT2D eigenvalue weighted by Gasteiger charge is 2.31. The van der Waals surface area contributed by atoms with Gasteiger partial charge in [-0.05, 0) is 26.4 Å². The molecule has 12 heavy (non-hydrogen) atoms. The fourth-order valence-corrected chi connectivity index (χ4v) is 2.24. The van der Waals surface area contributed by atoms with Gasteiger partial charge in [0, 0.05) is 19.1 Å². The average Bonchev–Trinajstić information content (AvgIpc) is 2.51. The Bertz CT molecular complexity index is 151. The van der Waals surface area contributed by atoms with Crippen molar-refractivity contribution in [3.05, 3.63) is 0 Å². The normalized spacial score (nSPS) is 36.8. The Hall–Kier alpha value is -0.120. The molecule has 0 aromatic carbocycles. The molecule has 70 valence electrons. The van der Waals surface area contributed by atoms with Gasteiger partial charge in [0.15, 0.2) is 0 Å². The minimum absolute atomic E-state index is 0.421. The van der Waals surface area contributed by atoms with E-state index in [0.717, 1.165) is 25.7 Å². The monoisotopic (exact) mass is 170 g/mol. The summed E-state index contributed by atoms with van der Waals surface area (Å²) in [4.78, 5) is 2.57. The summed E-state index contributed by atoms with van der Waals surface area (Å²) in [7, 11) is 1.99.